The van der Waals surface area contributed by atoms with E-state index in [1.165, 1.54) is 19.4 Å². The Morgan fingerprint density at radius 3 is 2.79 bits per heavy atom. The molecule has 1 saturated heterocycles. The number of amides is 1. The SMILES string of the molecule is CCNC1(C(N)=O)CCCC1CCN1CCCC1C. The van der Waals surface area contributed by atoms with E-state index >= 15 is 0 Å². The first-order valence-electron chi connectivity index (χ1n) is 7.89. The molecule has 4 heteroatoms. The van der Waals surface area contributed by atoms with Crippen LogP contribution >= 0.6 is 0 Å². The van der Waals surface area contributed by atoms with E-state index in [0.717, 1.165) is 38.8 Å². The zero-order chi connectivity index (χ0) is 13.9. The fourth-order valence-corrected chi connectivity index (χ4v) is 4.07. The molecular formula is C15H29N3O. The quantitative estimate of drug-likeness (QED) is 0.766. The minimum absolute atomic E-state index is 0.147. The van der Waals surface area contributed by atoms with Gasteiger partial charge in [0.2, 0.25) is 5.91 Å². The summed E-state index contributed by atoms with van der Waals surface area (Å²) >= 11 is 0. The molecule has 3 N–H and O–H groups in total. The standard InChI is InChI=1S/C15H29N3O/c1-3-17-15(14(16)19)9-4-7-13(15)8-11-18-10-5-6-12(18)2/h12-13,17H,3-11H2,1-2H3,(H2,16,19). The van der Waals surface area contributed by atoms with Crippen LogP contribution in [0.2, 0.25) is 0 Å². The van der Waals surface area contributed by atoms with Gasteiger partial charge in [0, 0.05) is 6.04 Å². The van der Waals surface area contributed by atoms with E-state index in [0.29, 0.717) is 12.0 Å². The fraction of sp³-hybridized carbons (Fsp3) is 0.933. The maximum Gasteiger partial charge on any atom is 0.238 e. The lowest BCUT2D eigenvalue weighted by Gasteiger charge is -2.34. The molecule has 1 saturated carbocycles. The Morgan fingerprint density at radius 2 is 2.21 bits per heavy atom. The summed E-state index contributed by atoms with van der Waals surface area (Å²) in [7, 11) is 0. The van der Waals surface area contributed by atoms with Gasteiger partial charge in [0.1, 0.15) is 5.54 Å². The molecule has 1 heterocycles. The summed E-state index contributed by atoms with van der Waals surface area (Å²) in [5.41, 5.74) is 5.27. The van der Waals surface area contributed by atoms with Crippen LogP contribution < -0.4 is 11.1 Å². The molecule has 4 nitrogen and oxygen atoms in total. The number of rotatable bonds is 6. The van der Waals surface area contributed by atoms with Crippen molar-refractivity contribution in [3.05, 3.63) is 0 Å². The molecule has 3 unspecified atom stereocenters. The first-order valence-corrected chi connectivity index (χ1v) is 7.89. The summed E-state index contributed by atoms with van der Waals surface area (Å²) in [5.74, 6) is 0.268. The average Bonchev–Trinajstić information content (AvgIpc) is 2.95. The third kappa shape index (κ3) is 2.95. The number of likely N-dealkylation sites (N-methyl/N-ethyl adjacent to an activating group) is 1. The highest BCUT2D eigenvalue weighted by Crippen LogP contribution is 2.38. The van der Waals surface area contributed by atoms with Crippen molar-refractivity contribution >= 4 is 5.91 Å². The highest BCUT2D eigenvalue weighted by atomic mass is 16.1. The Labute approximate surface area is 117 Å². The van der Waals surface area contributed by atoms with Crippen LogP contribution in [0.15, 0.2) is 0 Å². The molecule has 110 valence electrons. The van der Waals surface area contributed by atoms with Crippen LogP contribution in [0.4, 0.5) is 0 Å². The van der Waals surface area contributed by atoms with Gasteiger partial charge in [0.15, 0.2) is 0 Å². The summed E-state index contributed by atoms with van der Waals surface area (Å²) in [6.45, 7) is 7.53. The Kier molecular flexibility index (Phi) is 4.85. The van der Waals surface area contributed by atoms with Gasteiger partial charge in [-0.1, -0.05) is 13.3 Å². The summed E-state index contributed by atoms with van der Waals surface area (Å²) < 4.78 is 0. The third-order valence-corrected chi connectivity index (χ3v) is 5.21. The Balaban J connectivity index is 1.95. The van der Waals surface area contributed by atoms with Crippen LogP contribution in [-0.2, 0) is 4.79 Å². The minimum atomic E-state index is -0.433. The van der Waals surface area contributed by atoms with Crippen molar-refractivity contribution in [3.63, 3.8) is 0 Å². The maximum absolute atomic E-state index is 11.9. The van der Waals surface area contributed by atoms with Gasteiger partial charge in [-0.2, -0.15) is 0 Å². The molecular weight excluding hydrogens is 238 g/mol. The van der Waals surface area contributed by atoms with Crippen molar-refractivity contribution in [1.29, 1.82) is 0 Å². The van der Waals surface area contributed by atoms with Crippen molar-refractivity contribution in [2.24, 2.45) is 11.7 Å². The monoisotopic (exact) mass is 267 g/mol. The molecule has 0 bridgehead atoms. The van der Waals surface area contributed by atoms with E-state index < -0.39 is 5.54 Å². The van der Waals surface area contributed by atoms with E-state index in [1.807, 2.05) is 0 Å². The number of nitrogens with one attached hydrogen (secondary N) is 1. The highest BCUT2D eigenvalue weighted by Gasteiger charge is 2.46. The number of hydrogen-bond acceptors (Lipinski definition) is 3. The van der Waals surface area contributed by atoms with Crippen LogP contribution in [0.3, 0.4) is 0 Å². The molecule has 1 aliphatic carbocycles. The number of carbonyl (C=O) groups excluding carboxylic acids is 1. The molecule has 0 aromatic carbocycles. The van der Waals surface area contributed by atoms with Gasteiger partial charge < -0.3 is 16.0 Å². The molecule has 0 aromatic heterocycles. The largest absolute Gasteiger partial charge is 0.368 e. The second-order valence-electron chi connectivity index (χ2n) is 6.27. The molecule has 1 amide bonds. The lowest BCUT2D eigenvalue weighted by atomic mass is 9.83. The van der Waals surface area contributed by atoms with E-state index in [1.54, 1.807) is 0 Å². The summed E-state index contributed by atoms with van der Waals surface area (Å²) in [4.78, 5) is 14.5. The van der Waals surface area contributed by atoms with Crippen molar-refractivity contribution in [2.75, 3.05) is 19.6 Å². The zero-order valence-corrected chi connectivity index (χ0v) is 12.5. The van der Waals surface area contributed by atoms with E-state index in [2.05, 4.69) is 24.1 Å². The van der Waals surface area contributed by atoms with E-state index in [4.69, 9.17) is 5.73 Å². The first kappa shape index (κ1) is 14.8. The van der Waals surface area contributed by atoms with Gasteiger partial charge in [-0.15, -0.1) is 0 Å². The second-order valence-corrected chi connectivity index (χ2v) is 6.27. The molecule has 1 aliphatic heterocycles. The van der Waals surface area contributed by atoms with Crippen molar-refractivity contribution < 1.29 is 4.79 Å². The molecule has 19 heavy (non-hydrogen) atoms. The summed E-state index contributed by atoms with van der Waals surface area (Å²) in [6, 6.07) is 0.712. The predicted octanol–water partition coefficient (Wildman–Crippen LogP) is 1.49. The number of nitrogens with two attached hydrogens (primary N) is 1. The second kappa shape index (κ2) is 6.23. The van der Waals surface area contributed by atoms with Crippen LogP contribution in [-0.4, -0.2) is 42.0 Å². The maximum atomic E-state index is 11.9. The Bertz CT molecular complexity index is 321. The summed E-state index contributed by atoms with van der Waals surface area (Å²) in [5, 5.41) is 3.40. The van der Waals surface area contributed by atoms with Crippen LogP contribution in [0.1, 0.15) is 52.4 Å². The van der Waals surface area contributed by atoms with Crippen molar-refractivity contribution in [1.82, 2.24) is 10.2 Å². The molecule has 2 rings (SSSR count). The smallest absolute Gasteiger partial charge is 0.238 e. The number of primary amides is 1. The molecule has 2 fully saturated rings. The van der Waals surface area contributed by atoms with Gasteiger partial charge in [0.25, 0.3) is 0 Å². The molecule has 3 atom stereocenters. The highest BCUT2D eigenvalue weighted by molar-refractivity contribution is 5.85. The average molecular weight is 267 g/mol. The number of likely N-dealkylation sites (tertiary alicyclic amines) is 1. The minimum Gasteiger partial charge on any atom is -0.368 e. The van der Waals surface area contributed by atoms with Gasteiger partial charge >= 0.3 is 0 Å². The Morgan fingerprint density at radius 1 is 1.42 bits per heavy atom. The Hall–Kier alpha value is -0.610. The van der Waals surface area contributed by atoms with Crippen LogP contribution in [0.5, 0.6) is 0 Å². The summed E-state index contributed by atoms with van der Waals surface area (Å²) in [6.07, 6.45) is 6.91. The topological polar surface area (TPSA) is 58.4 Å². The number of carbonyl (C=O) groups is 1. The fourth-order valence-electron chi connectivity index (χ4n) is 4.07. The van der Waals surface area contributed by atoms with E-state index in [9.17, 15) is 4.79 Å². The van der Waals surface area contributed by atoms with Crippen molar-refractivity contribution in [2.45, 2.75) is 64.0 Å². The molecule has 0 aromatic rings. The van der Waals surface area contributed by atoms with Crippen molar-refractivity contribution in [3.8, 4) is 0 Å². The molecule has 0 radical (unpaired) electrons. The number of hydrogen-bond donors (Lipinski definition) is 2. The normalized spacial score (nSPS) is 35.9. The van der Waals surface area contributed by atoms with Crippen LogP contribution in [0.25, 0.3) is 0 Å². The third-order valence-electron chi connectivity index (χ3n) is 5.21. The van der Waals surface area contributed by atoms with E-state index in [-0.39, 0.29) is 5.91 Å². The van der Waals surface area contributed by atoms with Gasteiger partial charge in [-0.25, -0.2) is 0 Å². The first-order chi connectivity index (χ1) is 9.10. The van der Waals surface area contributed by atoms with Crippen LogP contribution in [0, 0.1) is 5.92 Å². The predicted molar refractivity (Wildman–Crippen MR) is 77.8 cm³/mol. The van der Waals surface area contributed by atoms with Gasteiger partial charge in [-0.3, -0.25) is 4.79 Å². The number of nitrogens with zero attached hydrogens (tertiary/aromatic N) is 1. The molecule has 0 spiro atoms. The lowest BCUT2D eigenvalue weighted by molar-refractivity contribution is -0.126. The zero-order valence-electron chi connectivity index (χ0n) is 12.5. The molecule has 2 aliphatic rings. The lowest BCUT2D eigenvalue weighted by Crippen LogP contribution is -2.58. The van der Waals surface area contributed by atoms with Gasteiger partial charge in [0.05, 0.1) is 0 Å². The van der Waals surface area contributed by atoms with Gasteiger partial charge in [-0.05, 0) is 64.6 Å².